The Morgan fingerprint density at radius 3 is 2.85 bits per heavy atom. The fourth-order valence-corrected chi connectivity index (χ4v) is 3.37. The number of nitrogens with zero attached hydrogens (tertiary/aromatic N) is 3. The van der Waals surface area contributed by atoms with Crippen molar-refractivity contribution in [3.63, 3.8) is 0 Å². The first kappa shape index (κ1) is 18.3. The first-order valence-electron chi connectivity index (χ1n) is 9.02. The summed E-state index contributed by atoms with van der Waals surface area (Å²) in [5.41, 5.74) is 14.7. The fourth-order valence-electron chi connectivity index (χ4n) is 3.37. The smallest absolute Gasteiger partial charge is 0.227 e. The summed E-state index contributed by atoms with van der Waals surface area (Å²) in [4.78, 5) is 23.0. The van der Waals surface area contributed by atoms with Crippen LogP contribution in [0, 0.1) is 6.92 Å². The van der Waals surface area contributed by atoms with Gasteiger partial charge in [0.25, 0.3) is 0 Å². The maximum atomic E-state index is 11.7. The molecule has 0 aliphatic carbocycles. The van der Waals surface area contributed by atoms with Gasteiger partial charge in [-0.15, -0.1) is 0 Å². The minimum absolute atomic E-state index is 0.174. The Kier molecular flexibility index (Phi) is 5.80. The van der Waals surface area contributed by atoms with Crippen LogP contribution in [-0.2, 0) is 6.54 Å². The van der Waals surface area contributed by atoms with Gasteiger partial charge in [-0.25, -0.2) is 4.98 Å². The monoisotopic (exact) mass is 354 g/mol. The Balaban J connectivity index is 2.02. The van der Waals surface area contributed by atoms with Gasteiger partial charge in [-0.1, -0.05) is 12.1 Å². The zero-order chi connectivity index (χ0) is 18.5. The number of hydrogen-bond acceptors (Lipinski definition) is 7. The molecule has 1 aromatic carbocycles. The van der Waals surface area contributed by atoms with E-state index in [4.69, 9.17) is 11.5 Å². The van der Waals surface area contributed by atoms with Crippen LogP contribution < -0.4 is 21.7 Å². The number of nitrogens with two attached hydrogens (primary N) is 2. The molecule has 0 amide bonds. The van der Waals surface area contributed by atoms with Gasteiger partial charge >= 0.3 is 0 Å². The van der Waals surface area contributed by atoms with Crippen molar-refractivity contribution in [1.82, 2.24) is 9.97 Å². The predicted octanol–water partition coefficient (Wildman–Crippen LogP) is 2.12. The molecule has 138 valence electrons. The number of carbonyl (C=O) groups is 1. The Hall–Kier alpha value is -2.51. The van der Waals surface area contributed by atoms with Crippen LogP contribution in [0.15, 0.2) is 24.3 Å². The van der Waals surface area contributed by atoms with Gasteiger partial charge in [0.05, 0.1) is 11.3 Å². The van der Waals surface area contributed by atoms with Crippen molar-refractivity contribution in [3.05, 3.63) is 41.1 Å². The summed E-state index contributed by atoms with van der Waals surface area (Å²) in [5, 5.41) is 3.26. The number of benzene rings is 1. The third-order valence-electron chi connectivity index (χ3n) is 4.76. The Morgan fingerprint density at radius 1 is 1.31 bits per heavy atom. The highest BCUT2D eigenvalue weighted by Crippen LogP contribution is 2.27. The largest absolute Gasteiger partial charge is 0.339 e. The molecule has 3 rings (SSSR count). The molecule has 5 N–H and O–H groups in total. The lowest BCUT2D eigenvalue weighted by atomic mass is 10.0. The van der Waals surface area contributed by atoms with E-state index in [2.05, 4.69) is 20.2 Å². The Morgan fingerprint density at radius 2 is 2.15 bits per heavy atom. The molecule has 0 spiro atoms. The minimum Gasteiger partial charge on any atom is -0.339 e. The molecule has 0 bridgehead atoms. The Bertz CT molecular complexity index is 779. The van der Waals surface area contributed by atoms with E-state index in [0.29, 0.717) is 29.6 Å². The lowest BCUT2D eigenvalue weighted by molar-refractivity contribution is 0.112. The third kappa shape index (κ3) is 3.84. The maximum Gasteiger partial charge on any atom is 0.227 e. The number of aromatic nitrogens is 2. The summed E-state index contributed by atoms with van der Waals surface area (Å²) >= 11 is 0. The van der Waals surface area contributed by atoms with Gasteiger partial charge in [-0.2, -0.15) is 4.98 Å². The average Bonchev–Trinajstić information content (AvgIpc) is 2.67. The number of aryl methyl sites for hydroxylation is 1. The van der Waals surface area contributed by atoms with Crippen molar-refractivity contribution in [2.75, 3.05) is 23.3 Å². The van der Waals surface area contributed by atoms with Crippen LogP contribution in [0.2, 0.25) is 0 Å². The van der Waals surface area contributed by atoms with Crippen LogP contribution in [0.4, 0.5) is 17.5 Å². The normalized spacial score (nSPS) is 17.2. The molecule has 1 aliphatic heterocycles. The zero-order valence-corrected chi connectivity index (χ0v) is 15.1. The number of anilines is 3. The molecule has 2 heterocycles. The average molecular weight is 354 g/mol. The summed E-state index contributed by atoms with van der Waals surface area (Å²) in [7, 11) is 0. The van der Waals surface area contributed by atoms with Crippen molar-refractivity contribution < 1.29 is 4.79 Å². The summed E-state index contributed by atoms with van der Waals surface area (Å²) in [6.45, 7) is 3.60. The number of nitrogens with one attached hydrogen (secondary N) is 1. The molecule has 1 atom stereocenters. The molecular formula is C19H26N6O. The highest BCUT2D eigenvalue weighted by molar-refractivity contribution is 5.86. The molecule has 1 unspecified atom stereocenters. The van der Waals surface area contributed by atoms with Gasteiger partial charge in [0, 0.05) is 31.4 Å². The molecular weight excluding hydrogens is 328 g/mol. The predicted molar refractivity (Wildman–Crippen MR) is 104 cm³/mol. The van der Waals surface area contributed by atoms with Crippen LogP contribution in [-0.4, -0.2) is 35.4 Å². The van der Waals surface area contributed by atoms with Crippen LogP contribution in [0.1, 0.15) is 40.9 Å². The van der Waals surface area contributed by atoms with Crippen molar-refractivity contribution >= 4 is 23.7 Å². The Labute approximate surface area is 153 Å². The second-order valence-electron chi connectivity index (χ2n) is 6.63. The van der Waals surface area contributed by atoms with Crippen molar-refractivity contribution in [2.45, 2.75) is 38.8 Å². The van der Waals surface area contributed by atoms with Gasteiger partial charge in [-0.05, 0) is 43.9 Å². The maximum absolute atomic E-state index is 11.7. The number of piperidine rings is 1. The first-order valence-corrected chi connectivity index (χ1v) is 9.02. The number of rotatable bonds is 6. The van der Waals surface area contributed by atoms with Crippen LogP contribution in [0.3, 0.4) is 0 Å². The molecule has 1 saturated heterocycles. The van der Waals surface area contributed by atoms with Crippen LogP contribution in [0.5, 0.6) is 0 Å². The number of aldehydes is 1. The molecule has 2 aromatic rings. The summed E-state index contributed by atoms with van der Waals surface area (Å²) in [6, 6.07) is 8.13. The first-order chi connectivity index (χ1) is 12.7. The quantitative estimate of drug-likeness (QED) is 0.681. The van der Waals surface area contributed by atoms with Gasteiger partial charge in [-0.3, -0.25) is 4.79 Å². The van der Waals surface area contributed by atoms with E-state index in [9.17, 15) is 4.79 Å². The molecule has 7 nitrogen and oxygen atoms in total. The van der Waals surface area contributed by atoms with Gasteiger partial charge in [0.15, 0.2) is 6.29 Å². The number of hydrogen-bond donors (Lipinski definition) is 3. The van der Waals surface area contributed by atoms with E-state index in [1.807, 2.05) is 31.2 Å². The lowest BCUT2D eigenvalue weighted by Crippen LogP contribution is -2.45. The van der Waals surface area contributed by atoms with E-state index in [0.717, 1.165) is 43.3 Å². The second kappa shape index (κ2) is 8.25. The van der Waals surface area contributed by atoms with Gasteiger partial charge < -0.3 is 21.7 Å². The van der Waals surface area contributed by atoms with Crippen LogP contribution >= 0.6 is 0 Å². The van der Waals surface area contributed by atoms with E-state index in [1.165, 1.54) is 0 Å². The molecule has 1 aromatic heterocycles. The summed E-state index contributed by atoms with van der Waals surface area (Å²) < 4.78 is 0. The standard InChI is InChI=1S/C19H26N6O/c1-13-5-4-6-14(9-13)22-18-16(12-26)17(11-21)23-19(24-18)25-8-3-2-7-15(25)10-20/h4-6,9,12,15H,2-3,7-8,10-11,20-21H2,1H3,(H,22,23,24). The van der Waals surface area contributed by atoms with Gasteiger partial charge in [0.2, 0.25) is 5.95 Å². The van der Waals surface area contributed by atoms with E-state index in [-0.39, 0.29) is 12.6 Å². The molecule has 0 saturated carbocycles. The highest BCUT2D eigenvalue weighted by atomic mass is 16.1. The third-order valence-corrected chi connectivity index (χ3v) is 4.76. The lowest BCUT2D eigenvalue weighted by Gasteiger charge is -2.35. The van der Waals surface area contributed by atoms with Crippen molar-refractivity contribution in [3.8, 4) is 0 Å². The fraction of sp³-hybridized carbons (Fsp3) is 0.421. The van der Waals surface area contributed by atoms with Crippen molar-refractivity contribution in [1.29, 1.82) is 0 Å². The zero-order valence-electron chi connectivity index (χ0n) is 15.1. The van der Waals surface area contributed by atoms with E-state index >= 15 is 0 Å². The summed E-state index contributed by atoms with van der Waals surface area (Å²) in [6.07, 6.45) is 4.02. The molecule has 1 fully saturated rings. The minimum atomic E-state index is 0.174. The summed E-state index contributed by atoms with van der Waals surface area (Å²) in [5.74, 6) is 1.07. The van der Waals surface area contributed by atoms with Crippen LogP contribution in [0.25, 0.3) is 0 Å². The second-order valence-corrected chi connectivity index (χ2v) is 6.63. The number of carbonyl (C=O) groups excluding carboxylic acids is 1. The molecule has 0 radical (unpaired) electrons. The van der Waals surface area contributed by atoms with Crippen molar-refractivity contribution in [2.24, 2.45) is 11.5 Å². The van der Waals surface area contributed by atoms with Gasteiger partial charge in [0.1, 0.15) is 5.82 Å². The highest BCUT2D eigenvalue weighted by Gasteiger charge is 2.25. The SMILES string of the molecule is Cc1cccc(Nc2nc(N3CCCCC3CN)nc(CN)c2C=O)c1. The molecule has 7 heteroatoms. The molecule has 26 heavy (non-hydrogen) atoms. The molecule has 1 aliphatic rings. The topological polar surface area (TPSA) is 110 Å². The van der Waals surface area contributed by atoms with E-state index < -0.39 is 0 Å². The van der Waals surface area contributed by atoms with E-state index in [1.54, 1.807) is 0 Å².